The molecule has 3 heteroatoms. The van der Waals surface area contributed by atoms with Gasteiger partial charge in [-0.3, -0.25) is 4.79 Å². The molecule has 124 valence electrons. The first-order chi connectivity index (χ1) is 11.6. The van der Waals surface area contributed by atoms with E-state index in [-0.39, 0.29) is 5.78 Å². The summed E-state index contributed by atoms with van der Waals surface area (Å²) in [5, 5.41) is 0. The average Bonchev–Trinajstić information content (AvgIpc) is 2.58. The van der Waals surface area contributed by atoms with Gasteiger partial charge in [0, 0.05) is 18.8 Å². The summed E-state index contributed by atoms with van der Waals surface area (Å²) in [6, 6.07) is 13.8. The molecule has 1 aliphatic heterocycles. The van der Waals surface area contributed by atoms with Crippen LogP contribution in [0.3, 0.4) is 0 Å². The highest BCUT2D eigenvalue weighted by Gasteiger charge is 2.21. The van der Waals surface area contributed by atoms with Gasteiger partial charge in [-0.25, -0.2) is 0 Å². The number of anilines is 1. The lowest BCUT2D eigenvalue weighted by molar-refractivity contribution is 0.0965. The second-order valence-electron chi connectivity index (χ2n) is 6.02. The molecule has 2 aromatic carbocycles. The fraction of sp³-hybridized carbons (Fsp3) is 0.286. The number of ether oxygens (including phenoxy) is 1. The van der Waals surface area contributed by atoms with E-state index in [0.29, 0.717) is 23.5 Å². The second kappa shape index (κ2) is 6.91. The average molecular weight is 321 g/mol. The molecular formula is C21H23NO2. The normalized spacial score (nSPS) is 15.1. The molecule has 0 aliphatic carbocycles. The Morgan fingerprint density at radius 2 is 1.88 bits per heavy atom. The van der Waals surface area contributed by atoms with Crippen LogP contribution in [0.2, 0.25) is 0 Å². The van der Waals surface area contributed by atoms with Crippen LogP contribution in [-0.2, 0) is 0 Å². The van der Waals surface area contributed by atoms with Crippen LogP contribution in [-0.4, -0.2) is 18.9 Å². The molecule has 0 saturated carbocycles. The molecule has 0 unspecified atom stereocenters. The van der Waals surface area contributed by atoms with E-state index in [2.05, 4.69) is 43.9 Å². The highest BCUT2D eigenvalue weighted by atomic mass is 16.5. The molecule has 0 spiro atoms. The van der Waals surface area contributed by atoms with Gasteiger partial charge in [0.05, 0.1) is 12.0 Å². The Balaban J connectivity index is 1.88. The minimum Gasteiger partial charge on any atom is -0.460 e. The molecule has 0 fully saturated rings. The topological polar surface area (TPSA) is 29.5 Å². The first-order valence-electron chi connectivity index (χ1n) is 8.48. The van der Waals surface area contributed by atoms with Crippen molar-refractivity contribution in [3.05, 3.63) is 64.9 Å². The first kappa shape index (κ1) is 16.3. The quantitative estimate of drug-likeness (QED) is 0.806. The summed E-state index contributed by atoms with van der Waals surface area (Å²) in [4.78, 5) is 14.6. The zero-order valence-corrected chi connectivity index (χ0v) is 14.5. The molecule has 0 atom stereocenters. The van der Waals surface area contributed by atoms with Gasteiger partial charge in [0.25, 0.3) is 0 Å². The zero-order valence-electron chi connectivity index (χ0n) is 14.5. The number of carbonyl (C=O) groups excluding carboxylic acids is 1. The molecule has 1 aliphatic rings. The summed E-state index contributed by atoms with van der Waals surface area (Å²) < 4.78 is 5.91. The van der Waals surface area contributed by atoms with Crippen LogP contribution in [0, 0.1) is 6.92 Å². The van der Waals surface area contributed by atoms with Gasteiger partial charge in [0.15, 0.2) is 5.78 Å². The van der Waals surface area contributed by atoms with E-state index in [0.717, 1.165) is 18.7 Å². The van der Waals surface area contributed by atoms with E-state index < -0.39 is 0 Å². The van der Waals surface area contributed by atoms with E-state index in [1.165, 1.54) is 11.3 Å². The molecule has 0 aromatic heterocycles. The van der Waals surface area contributed by atoms with E-state index >= 15 is 0 Å². The Labute approximate surface area is 143 Å². The van der Waals surface area contributed by atoms with Gasteiger partial charge in [-0.15, -0.1) is 0 Å². The maximum absolute atomic E-state index is 12.3. The van der Waals surface area contributed by atoms with Crippen molar-refractivity contribution in [3.63, 3.8) is 0 Å². The van der Waals surface area contributed by atoms with Crippen molar-refractivity contribution in [3.8, 4) is 5.75 Å². The number of nitrogens with zero attached hydrogens (tertiary/aromatic N) is 1. The first-order valence-corrected chi connectivity index (χ1v) is 8.48. The molecular weight excluding hydrogens is 298 g/mol. The number of fused-ring (bicyclic) bond motifs is 1. The molecule has 0 radical (unpaired) electrons. The number of aryl methyl sites for hydroxylation is 1. The Morgan fingerprint density at radius 3 is 2.58 bits per heavy atom. The fourth-order valence-electron chi connectivity index (χ4n) is 3.08. The molecule has 24 heavy (non-hydrogen) atoms. The third-order valence-corrected chi connectivity index (χ3v) is 4.46. The van der Waals surface area contributed by atoms with Crippen molar-refractivity contribution >= 4 is 17.5 Å². The van der Waals surface area contributed by atoms with Crippen molar-refractivity contribution in [2.24, 2.45) is 0 Å². The number of allylic oxidation sites excluding steroid dienone is 1. The summed E-state index contributed by atoms with van der Waals surface area (Å²) in [6.07, 6.45) is 2.30. The Bertz CT molecular complexity index is 788. The largest absolute Gasteiger partial charge is 0.460 e. The van der Waals surface area contributed by atoms with Gasteiger partial charge in [-0.1, -0.05) is 18.2 Å². The summed E-state index contributed by atoms with van der Waals surface area (Å²) in [6.45, 7) is 8.40. The number of ketones is 1. The maximum atomic E-state index is 12.3. The maximum Gasteiger partial charge on any atom is 0.174 e. The van der Waals surface area contributed by atoms with Gasteiger partial charge in [-0.05, 0) is 62.2 Å². The molecule has 0 N–H and O–H groups in total. The van der Waals surface area contributed by atoms with Crippen LogP contribution in [0.4, 0.5) is 5.69 Å². The number of para-hydroxylation sites is 1. The van der Waals surface area contributed by atoms with Gasteiger partial charge in [0.1, 0.15) is 11.5 Å². The zero-order chi connectivity index (χ0) is 17.1. The number of rotatable bonds is 4. The number of carbonyl (C=O) groups is 1. The third-order valence-electron chi connectivity index (χ3n) is 4.46. The molecule has 0 bridgehead atoms. The predicted molar refractivity (Wildman–Crippen MR) is 98.7 cm³/mol. The van der Waals surface area contributed by atoms with Gasteiger partial charge < -0.3 is 9.64 Å². The smallest absolute Gasteiger partial charge is 0.174 e. The van der Waals surface area contributed by atoms with Gasteiger partial charge in [0.2, 0.25) is 0 Å². The lowest BCUT2D eigenvalue weighted by Gasteiger charge is -2.22. The molecule has 1 heterocycles. The Hall–Kier alpha value is -2.55. The minimum absolute atomic E-state index is 0.112. The van der Waals surface area contributed by atoms with E-state index in [1.54, 1.807) is 0 Å². The SMILES string of the molecule is CCN(CC)c1ccc(C=C2CC(=O)c3ccccc3O2)c(C)c1. The van der Waals surface area contributed by atoms with Crippen LogP contribution in [0.15, 0.2) is 48.2 Å². The van der Waals surface area contributed by atoms with Crippen LogP contribution in [0.1, 0.15) is 41.8 Å². The van der Waals surface area contributed by atoms with Crippen molar-refractivity contribution < 1.29 is 9.53 Å². The van der Waals surface area contributed by atoms with Crippen molar-refractivity contribution in [2.45, 2.75) is 27.2 Å². The number of hydrogen-bond donors (Lipinski definition) is 0. The fourth-order valence-corrected chi connectivity index (χ4v) is 3.08. The molecule has 0 saturated heterocycles. The van der Waals surface area contributed by atoms with Gasteiger partial charge in [-0.2, -0.15) is 0 Å². The molecule has 3 nitrogen and oxygen atoms in total. The van der Waals surface area contributed by atoms with Crippen LogP contribution in [0.25, 0.3) is 6.08 Å². The highest BCUT2D eigenvalue weighted by molar-refractivity contribution is 6.01. The standard InChI is InChI=1S/C21H23NO2/c1-4-22(5-2)17-11-10-16(15(3)12-17)13-18-14-20(23)19-8-6-7-9-21(19)24-18/h6-13H,4-5,14H2,1-3H3. The van der Waals surface area contributed by atoms with E-state index in [9.17, 15) is 4.79 Å². The minimum atomic E-state index is 0.112. The number of Topliss-reactive ketones (excluding diaryl/α,β-unsaturated/α-hetero) is 1. The van der Waals surface area contributed by atoms with Crippen LogP contribution >= 0.6 is 0 Å². The van der Waals surface area contributed by atoms with Gasteiger partial charge >= 0.3 is 0 Å². The lowest BCUT2D eigenvalue weighted by atomic mass is 10.0. The van der Waals surface area contributed by atoms with E-state index in [4.69, 9.17) is 4.74 Å². The summed E-state index contributed by atoms with van der Waals surface area (Å²) >= 11 is 0. The van der Waals surface area contributed by atoms with Crippen molar-refractivity contribution in [1.82, 2.24) is 0 Å². The molecule has 3 rings (SSSR count). The summed E-state index contributed by atoms with van der Waals surface area (Å²) in [5.74, 6) is 1.47. The monoisotopic (exact) mass is 321 g/mol. The summed E-state index contributed by atoms with van der Waals surface area (Å²) in [7, 11) is 0. The predicted octanol–water partition coefficient (Wildman–Crippen LogP) is 4.85. The van der Waals surface area contributed by atoms with E-state index in [1.807, 2.05) is 30.3 Å². The van der Waals surface area contributed by atoms with Crippen LogP contribution in [0.5, 0.6) is 5.75 Å². The van der Waals surface area contributed by atoms with Crippen molar-refractivity contribution in [2.75, 3.05) is 18.0 Å². The second-order valence-corrected chi connectivity index (χ2v) is 6.02. The molecule has 2 aromatic rings. The summed E-state index contributed by atoms with van der Waals surface area (Å²) in [5.41, 5.74) is 4.17. The Morgan fingerprint density at radius 1 is 1.12 bits per heavy atom. The van der Waals surface area contributed by atoms with Crippen LogP contribution < -0.4 is 9.64 Å². The highest BCUT2D eigenvalue weighted by Crippen LogP contribution is 2.30. The molecule has 0 amide bonds. The number of benzene rings is 2. The van der Waals surface area contributed by atoms with Crippen molar-refractivity contribution in [1.29, 1.82) is 0 Å². The Kier molecular flexibility index (Phi) is 4.70. The lowest BCUT2D eigenvalue weighted by Crippen LogP contribution is -2.21. The third kappa shape index (κ3) is 3.21. The number of hydrogen-bond acceptors (Lipinski definition) is 3.